The summed E-state index contributed by atoms with van der Waals surface area (Å²) in [6, 6.07) is 7.86. The van der Waals surface area contributed by atoms with Crippen LogP contribution in [-0.2, 0) is 4.79 Å². The maximum atomic E-state index is 10.1. The molecule has 0 saturated carbocycles. The van der Waals surface area contributed by atoms with E-state index in [2.05, 4.69) is 10.2 Å². The molecule has 0 fully saturated rings. The van der Waals surface area contributed by atoms with Crippen LogP contribution in [0.3, 0.4) is 0 Å². The summed E-state index contributed by atoms with van der Waals surface area (Å²) < 4.78 is 0. The van der Waals surface area contributed by atoms with Gasteiger partial charge < -0.3 is 4.79 Å². The molecule has 2 aromatic rings. The lowest BCUT2D eigenvalue weighted by Gasteiger charge is -1.87. The van der Waals surface area contributed by atoms with Crippen LogP contribution in [0.25, 0.3) is 17.0 Å². The first-order valence-electron chi connectivity index (χ1n) is 4.45. The number of rotatable bonds is 3. The molecule has 0 atom stereocenters. The number of aldehydes is 1. The van der Waals surface area contributed by atoms with E-state index in [1.54, 1.807) is 0 Å². The highest BCUT2D eigenvalue weighted by Crippen LogP contribution is 2.15. The molecule has 0 aliphatic carbocycles. The standard InChI is InChI=1S/C11H10N2O/c14-8-4-3-7-11-9-5-1-2-6-10(9)12-13-11/h1-3,5-8H,4H2,(H,12,13). The van der Waals surface area contributed by atoms with Crippen LogP contribution in [0.2, 0.25) is 0 Å². The van der Waals surface area contributed by atoms with Crippen LogP contribution in [0, 0.1) is 0 Å². The van der Waals surface area contributed by atoms with E-state index in [-0.39, 0.29) is 0 Å². The first kappa shape index (κ1) is 8.69. The van der Waals surface area contributed by atoms with Crippen molar-refractivity contribution in [2.24, 2.45) is 0 Å². The second kappa shape index (κ2) is 3.87. The molecule has 1 aromatic heterocycles. The fraction of sp³-hybridized carbons (Fsp3) is 0.0909. The second-order valence-electron chi connectivity index (χ2n) is 2.96. The van der Waals surface area contributed by atoms with Crippen molar-refractivity contribution in [3.05, 3.63) is 36.0 Å². The highest BCUT2D eigenvalue weighted by molar-refractivity contribution is 5.86. The Balaban J connectivity index is 2.38. The quantitative estimate of drug-likeness (QED) is 0.746. The van der Waals surface area contributed by atoms with Gasteiger partial charge in [-0.3, -0.25) is 5.10 Å². The van der Waals surface area contributed by atoms with Crippen LogP contribution in [-0.4, -0.2) is 16.5 Å². The third-order valence-electron chi connectivity index (χ3n) is 2.01. The Hall–Kier alpha value is -1.90. The number of aromatic amines is 1. The van der Waals surface area contributed by atoms with Crippen molar-refractivity contribution in [1.82, 2.24) is 10.2 Å². The fourth-order valence-electron chi connectivity index (χ4n) is 1.35. The summed E-state index contributed by atoms with van der Waals surface area (Å²) in [5, 5.41) is 8.13. The predicted molar refractivity (Wildman–Crippen MR) is 55.8 cm³/mol. The monoisotopic (exact) mass is 186 g/mol. The molecule has 1 heterocycles. The number of carbonyl (C=O) groups excluding carboxylic acids is 1. The van der Waals surface area contributed by atoms with Gasteiger partial charge in [0.2, 0.25) is 0 Å². The van der Waals surface area contributed by atoms with Crippen molar-refractivity contribution >= 4 is 23.3 Å². The zero-order chi connectivity index (χ0) is 9.80. The molecule has 0 amide bonds. The number of carbonyl (C=O) groups is 1. The van der Waals surface area contributed by atoms with E-state index >= 15 is 0 Å². The highest BCUT2D eigenvalue weighted by Gasteiger charge is 1.99. The van der Waals surface area contributed by atoms with Crippen LogP contribution < -0.4 is 0 Å². The molecule has 0 unspecified atom stereocenters. The molecule has 0 aliphatic heterocycles. The van der Waals surface area contributed by atoms with Gasteiger partial charge in [0.05, 0.1) is 11.2 Å². The number of para-hydroxylation sites is 1. The molecule has 14 heavy (non-hydrogen) atoms. The van der Waals surface area contributed by atoms with Crippen molar-refractivity contribution in [1.29, 1.82) is 0 Å². The van der Waals surface area contributed by atoms with Crippen molar-refractivity contribution in [2.75, 3.05) is 0 Å². The third kappa shape index (κ3) is 1.57. The molecule has 3 heteroatoms. The Morgan fingerprint density at radius 3 is 3.07 bits per heavy atom. The summed E-state index contributed by atoms with van der Waals surface area (Å²) in [5.74, 6) is 0. The molecule has 0 radical (unpaired) electrons. The summed E-state index contributed by atoms with van der Waals surface area (Å²) >= 11 is 0. The highest BCUT2D eigenvalue weighted by atomic mass is 16.1. The average molecular weight is 186 g/mol. The molecule has 0 saturated heterocycles. The zero-order valence-corrected chi connectivity index (χ0v) is 7.60. The first-order valence-corrected chi connectivity index (χ1v) is 4.45. The largest absolute Gasteiger partial charge is 0.303 e. The van der Waals surface area contributed by atoms with Gasteiger partial charge in [-0.05, 0) is 12.1 Å². The normalized spacial score (nSPS) is 11.1. The Bertz CT molecular complexity index is 471. The second-order valence-corrected chi connectivity index (χ2v) is 2.96. The molecule has 0 bridgehead atoms. The number of nitrogens with one attached hydrogen (secondary N) is 1. The lowest BCUT2D eigenvalue weighted by molar-refractivity contribution is -0.107. The summed E-state index contributed by atoms with van der Waals surface area (Å²) in [6.07, 6.45) is 5.00. The molecule has 0 aliphatic rings. The molecule has 2 rings (SSSR count). The maximum Gasteiger partial charge on any atom is 0.123 e. The number of hydrogen-bond donors (Lipinski definition) is 1. The van der Waals surface area contributed by atoms with E-state index in [1.807, 2.05) is 36.4 Å². The van der Waals surface area contributed by atoms with Gasteiger partial charge in [0.25, 0.3) is 0 Å². The molecular formula is C11H10N2O. The minimum atomic E-state index is 0.438. The van der Waals surface area contributed by atoms with Crippen LogP contribution in [0.5, 0.6) is 0 Å². The Kier molecular flexibility index (Phi) is 2.40. The van der Waals surface area contributed by atoms with Crippen molar-refractivity contribution in [3.8, 4) is 0 Å². The van der Waals surface area contributed by atoms with Crippen molar-refractivity contribution in [3.63, 3.8) is 0 Å². The summed E-state index contributed by atoms with van der Waals surface area (Å²) in [7, 11) is 0. The number of nitrogens with zero attached hydrogens (tertiary/aromatic N) is 1. The summed E-state index contributed by atoms with van der Waals surface area (Å²) in [5.41, 5.74) is 1.89. The number of H-pyrrole nitrogens is 1. The smallest absolute Gasteiger partial charge is 0.123 e. The van der Waals surface area contributed by atoms with Crippen LogP contribution in [0.1, 0.15) is 12.1 Å². The topological polar surface area (TPSA) is 45.8 Å². The van der Waals surface area contributed by atoms with Crippen LogP contribution in [0.4, 0.5) is 0 Å². The molecule has 0 spiro atoms. The molecule has 3 nitrogen and oxygen atoms in total. The van der Waals surface area contributed by atoms with Gasteiger partial charge in [-0.1, -0.05) is 24.3 Å². The molecular weight excluding hydrogens is 176 g/mol. The Labute approximate surface area is 81.4 Å². The van der Waals surface area contributed by atoms with E-state index < -0.39 is 0 Å². The van der Waals surface area contributed by atoms with Gasteiger partial charge in [0, 0.05) is 11.8 Å². The minimum Gasteiger partial charge on any atom is -0.303 e. The van der Waals surface area contributed by atoms with Gasteiger partial charge in [0.15, 0.2) is 0 Å². The number of benzene rings is 1. The lowest BCUT2D eigenvalue weighted by Crippen LogP contribution is -1.72. The number of hydrogen-bond acceptors (Lipinski definition) is 2. The lowest BCUT2D eigenvalue weighted by atomic mass is 10.2. The number of aromatic nitrogens is 2. The SMILES string of the molecule is O=CCC=Cc1[nH]nc2ccccc12. The van der Waals surface area contributed by atoms with Gasteiger partial charge >= 0.3 is 0 Å². The van der Waals surface area contributed by atoms with E-state index in [9.17, 15) is 4.79 Å². The Morgan fingerprint density at radius 1 is 1.36 bits per heavy atom. The Morgan fingerprint density at radius 2 is 2.21 bits per heavy atom. The van der Waals surface area contributed by atoms with Gasteiger partial charge in [-0.15, -0.1) is 0 Å². The van der Waals surface area contributed by atoms with Gasteiger partial charge in [-0.2, -0.15) is 5.10 Å². The van der Waals surface area contributed by atoms with E-state index in [0.717, 1.165) is 22.9 Å². The molecule has 1 N–H and O–H groups in total. The van der Waals surface area contributed by atoms with Crippen molar-refractivity contribution in [2.45, 2.75) is 6.42 Å². The fourth-order valence-corrected chi connectivity index (χ4v) is 1.35. The average Bonchev–Trinajstić information content (AvgIpc) is 2.63. The van der Waals surface area contributed by atoms with E-state index in [1.165, 1.54) is 0 Å². The predicted octanol–water partition coefficient (Wildman–Crippen LogP) is 2.17. The van der Waals surface area contributed by atoms with Crippen molar-refractivity contribution < 1.29 is 4.79 Å². The third-order valence-corrected chi connectivity index (χ3v) is 2.01. The molecule has 70 valence electrons. The minimum absolute atomic E-state index is 0.438. The van der Waals surface area contributed by atoms with Crippen LogP contribution >= 0.6 is 0 Å². The van der Waals surface area contributed by atoms with E-state index in [0.29, 0.717) is 6.42 Å². The van der Waals surface area contributed by atoms with Gasteiger partial charge in [-0.25, -0.2) is 0 Å². The first-order chi connectivity index (χ1) is 6.92. The summed E-state index contributed by atoms with van der Waals surface area (Å²) in [6.45, 7) is 0. The van der Waals surface area contributed by atoms with E-state index in [4.69, 9.17) is 0 Å². The number of allylic oxidation sites excluding steroid dienone is 1. The van der Waals surface area contributed by atoms with Gasteiger partial charge in [0.1, 0.15) is 6.29 Å². The molecule has 1 aromatic carbocycles. The number of fused-ring (bicyclic) bond motifs is 1. The van der Waals surface area contributed by atoms with Crippen LogP contribution in [0.15, 0.2) is 30.3 Å². The zero-order valence-electron chi connectivity index (χ0n) is 7.60. The summed E-state index contributed by atoms with van der Waals surface area (Å²) in [4.78, 5) is 10.1. The maximum absolute atomic E-state index is 10.1.